The Hall–Kier alpha value is -0.120. The van der Waals surface area contributed by atoms with Crippen molar-refractivity contribution in [3.8, 4) is 0 Å². The van der Waals surface area contributed by atoms with Crippen LogP contribution in [0.1, 0.15) is 33.6 Å². The van der Waals surface area contributed by atoms with Crippen molar-refractivity contribution >= 4 is 0 Å². The maximum Gasteiger partial charge on any atom is 0.0599 e. The van der Waals surface area contributed by atoms with Crippen molar-refractivity contribution in [2.75, 3.05) is 26.2 Å². The molecule has 0 saturated carbocycles. The number of ether oxygens (including phenoxy) is 1. The second kappa shape index (κ2) is 6.46. The van der Waals surface area contributed by atoms with Crippen molar-refractivity contribution in [2.24, 2.45) is 11.7 Å². The highest BCUT2D eigenvalue weighted by atomic mass is 16.5. The molecule has 1 heterocycles. The smallest absolute Gasteiger partial charge is 0.0599 e. The van der Waals surface area contributed by atoms with Crippen molar-refractivity contribution in [1.82, 2.24) is 4.90 Å². The van der Waals surface area contributed by atoms with E-state index in [-0.39, 0.29) is 0 Å². The van der Waals surface area contributed by atoms with E-state index in [1.807, 2.05) is 0 Å². The van der Waals surface area contributed by atoms with Gasteiger partial charge in [-0.15, -0.1) is 0 Å². The van der Waals surface area contributed by atoms with E-state index in [4.69, 9.17) is 10.5 Å². The summed E-state index contributed by atoms with van der Waals surface area (Å²) in [5.74, 6) is 0.578. The molecule has 0 aromatic carbocycles. The number of nitrogens with two attached hydrogens (primary N) is 1. The first-order chi connectivity index (χ1) is 7.13. The van der Waals surface area contributed by atoms with Crippen LogP contribution in [-0.4, -0.2) is 43.3 Å². The van der Waals surface area contributed by atoms with Gasteiger partial charge in [-0.05, 0) is 25.7 Å². The number of rotatable bonds is 5. The van der Waals surface area contributed by atoms with Crippen molar-refractivity contribution in [1.29, 1.82) is 0 Å². The van der Waals surface area contributed by atoms with Gasteiger partial charge in [-0.3, -0.25) is 0 Å². The monoisotopic (exact) mass is 214 g/mol. The van der Waals surface area contributed by atoms with Crippen LogP contribution in [0.5, 0.6) is 0 Å². The maximum absolute atomic E-state index is 6.07. The highest BCUT2D eigenvalue weighted by Gasteiger charge is 2.21. The predicted molar refractivity (Wildman–Crippen MR) is 63.9 cm³/mol. The molecule has 1 saturated heterocycles. The minimum absolute atomic E-state index is 0.314. The first-order valence-electron chi connectivity index (χ1n) is 6.23. The molecule has 1 aliphatic heterocycles. The van der Waals surface area contributed by atoms with Gasteiger partial charge in [0.25, 0.3) is 0 Å². The Morgan fingerprint density at radius 1 is 1.33 bits per heavy atom. The van der Waals surface area contributed by atoms with Crippen LogP contribution in [0.15, 0.2) is 0 Å². The zero-order chi connectivity index (χ0) is 11.3. The van der Waals surface area contributed by atoms with Gasteiger partial charge in [0, 0.05) is 32.3 Å². The molecule has 0 aliphatic carbocycles. The molecule has 3 nitrogen and oxygen atoms in total. The summed E-state index contributed by atoms with van der Waals surface area (Å²) in [6.45, 7) is 10.6. The van der Waals surface area contributed by atoms with Gasteiger partial charge < -0.3 is 15.4 Å². The Kier molecular flexibility index (Phi) is 5.58. The van der Waals surface area contributed by atoms with Crippen molar-refractivity contribution in [3.05, 3.63) is 0 Å². The maximum atomic E-state index is 6.07. The van der Waals surface area contributed by atoms with Crippen LogP contribution < -0.4 is 5.73 Å². The quantitative estimate of drug-likeness (QED) is 0.753. The molecular weight excluding hydrogens is 188 g/mol. The zero-order valence-electron chi connectivity index (χ0n) is 10.4. The standard InChI is InChI=1S/C12H26N2O/c1-4-15-11-5-7-14(8-6-11)9-12(13)10(2)3/h10-12H,4-9,13H2,1-3H3. The Balaban J connectivity index is 2.19. The first kappa shape index (κ1) is 12.9. The number of nitrogens with zero attached hydrogens (tertiary/aromatic N) is 1. The van der Waals surface area contributed by atoms with Gasteiger partial charge >= 0.3 is 0 Å². The summed E-state index contributed by atoms with van der Waals surface area (Å²) in [5.41, 5.74) is 6.07. The van der Waals surface area contributed by atoms with E-state index in [9.17, 15) is 0 Å². The minimum atomic E-state index is 0.314. The number of likely N-dealkylation sites (tertiary alicyclic amines) is 1. The van der Waals surface area contributed by atoms with Gasteiger partial charge in [-0.1, -0.05) is 13.8 Å². The van der Waals surface area contributed by atoms with Gasteiger partial charge in [0.15, 0.2) is 0 Å². The van der Waals surface area contributed by atoms with E-state index in [0.717, 1.165) is 26.2 Å². The fourth-order valence-corrected chi connectivity index (χ4v) is 2.00. The summed E-state index contributed by atoms with van der Waals surface area (Å²) >= 11 is 0. The van der Waals surface area contributed by atoms with Gasteiger partial charge in [-0.25, -0.2) is 0 Å². The lowest BCUT2D eigenvalue weighted by atomic mass is 10.0. The SMILES string of the molecule is CCOC1CCN(CC(N)C(C)C)CC1. The van der Waals surface area contributed by atoms with Crippen LogP contribution in [0.25, 0.3) is 0 Å². The molecule has 3 heteroatoms. The zero-order valence-corrected chi connectivity index (χ0v) is 10.4. The van der Waals surface area contributed by atoms with Crippen LogP contribution >= 0.6 is 0 Å². The Bertz CT molecular complexity index is 165. The molecular formula is C12H26N2O. The lowest BCUT2D eigenvalue weighted by Gasteiger charge is -2.34. The first-order valence-corrected chi connectivity index (χ1v) is 6.23. The van der Waals surface area contributed by atoms with Crippen molar-refractivity contribution in [3.63, 3.8) is 0 Å². The lowest BCUT2D eigenvalue weighted by Crippen LogP contribution is -2.45. The summed E-state index contributed by atoms with van der Waals surface area (Å²) in [4.78, 5) is 2.47. The van der Waals surface area contributed by atoms with E-state index in [1.54, 1.807) is 0 Å². The number of piperidine rings is 1. The Morgan fingerprint density at radius 3 is 2.40 bits per heavy atom. The largest absolute Gasteiger partial charge is 0.378 e. The van der Waals surface area contributed by atoms with Crippen molar-refractivity contribution < 1.29 is 4.74 Å². The van der Waals surface area contributed by atoms with E-state index in [0.29, 0.717) is 18.1 Å². The molecule has 0 aromatic rings. The third-order valence-corrected chi connectivity index (χ3v) is 3.26. The molecule has 0 amide bonds. The van der Waals surface area contributed by atoms with Crippen LogP contribution in [0.3, 0.4) is 0 Å². The molecule has 1 atom stereocenters. The molecule has 2 N–H and O–H groups in total. The van der Waals surface area contributed by atoms with Gasteiger partial charge in [0.05, 0.1) is 6.10 Å². The highest BCUT2D eigenvalue weighted by molar-refractivity contribution is 4.77. The molecule has 90 valence electrons. The second-order valence-electron chi connectivity index (χ2n) is 4.86. The molecule has 0 aromatic heterocycles. The van der Waals surface area contributed by atoms with Gasteiger partial charge in [0.1, 0.15) is 0 Å². The molecule has 1 fully saturated rings. The average Bonchev–Trinajstić information content (AvgIpc) is 2.21. The molecule has 1 aliphatic rings. The molecule has 1 rings (SSSR count). The number of hydrogen-bond acceptors (Lipinski definition) is 3. The van der Waals surface area contributed by atoms with E-state index >= 15 is 0 Å². The van der Waals surface area contributed by atoms with E-state index in [1.165, 1.54) is 12.8 Å². The van der Waals surface area contributed by atoms with E-state index in [2.05, 4.69) is 25.7 Å². The third-order valence-electron chi connectivity index (χ3n) is 3.26. The fraction of sp³-hybridized carbons (Fsp3) is 1.00. The number of hydrogen-bond donors (Lipinski definition) is 1. The van der Waals surface area contributed by atoms with Crippen molar-refractivity contribution in [2.45, 2.75) is 45.8 Å². The summed E-state index contributed by atoms with van der Waals surface area (Å²) in [6.07, 6.45) is 2.82. The molecule has 0 bridgehead atoms. The molecule has 0 radical (unpaired) electrons. The Morgan fingerprint density at radius 2 is 1.93 bits per heavy atom. The third kappa shape index (κ3) is 4.49. The summed E-state index contributed by atoms with van der Waals surface area (Å²) < 4.78 is 5.63. The molecule has 1 unspecified atom stereocenters. The molecule has 0 spiro atoms. The fourth-order valence-electron chi connectivity index (χ4n) is 2.00. The van der Waals surface area contributed by atoms with Crippen LogP contribution in [0, 0.1) is 5.92 Å². The van der Waals surface area contributed by atoms with Crippen LogP contribution in [-0.2, 0) is 4.74 Å². The van der Waals surface area contributed by atoms with Crippen LogP contribution in [0.4, 0.5) is 0 Å². The second-order valence-corrected chi connectivity index (χ2v) is 4.86. The minimum Gasteiger partial charge on any atom is -0.378 e. The van der Waals surface area contributed by atoms with Gasteiger partial charge in [-0.2, -0.15) is 0 Å². The summed E-state index contributed by atoms with van der Waals surface area (Å²) in [7, 11) is 0. The topological polar surface area (TPSA) is 38.5 Å². The van der Waals surface area contributed by atoms with E-state index < -0.39 is 0 Å². The summed E-state index contributed by atoms with van der Waals surface area (Å²) in [6, 6.07) is 0.314. The lowest BCUT2D eigenvalue weighted by molar-refractivity contribution is 0.0123. The Labute approximate surface area is 94.0 Å². The predicted octanol–water partition coefficient (Wildman–Crippen LogP) is 1.47. The van der Waals surface area contributed by atoms with Crippen LogP contribution in [0.2, 0.25) is 0 Å². The molecule has 15 heavy (non-hydrogen) atoms. The summed E-state index contributed by atoms with van der Waals surface area (Å²) in [5, 5.41) is 0. The normalized spacial score (nSPS) is 22.2. The highest BCUT2D eigenvalue weighted by Crippen LogP contribution is 2.14. The average molecular weight is 214 g/mol. The van der Waals surface area contributed by atoms with Gasteiger partial charge in [0.2, 0.25) is 0 Å².